The summed E-state index contributed by atoms with van der Waals surface area (Å²) in [4.78, 5) is 14.9. The molecule has 8 nitrogen and oxygen atoms in total. The van der Waals surface area contributed by atoms with Crippen molar-refractivity contribution < 1.29 is 13.2 Å². The molecule has 0 bridgehead atoms. The van der Waals surface area contributed by atoms with Gasteiger partial charge in [-0.15, -0.1) is 10.2 Å². The SMILES string of the molecule is C[C@@H](Sc1nncn1C1CC1)C(=O)N1CCN(S(=O)(=O)c2ccccc2)CC1. The molecular weight excluding hydrogens is 398 g/mol. The topological polar surface area (TPSA) is 88.4 Å². The highest BCUT2D eigenvalue weighted by molar-refractivity contribution is 8.00. The second-order valence-electron chi connectivity index (χ2n) is 7.05. The van der Waals surface area contributed by atoms with Crippen molar-refractivity contribution in [1.29, 1.82) is 0 Å². The lowest BCUT2D eigenvalue weighted by Crippen LogP contribution is -2.52. The number of hydrogen-bond donors (Lipinski definition) is 0. The van der Waals surface area contributed by atoms with Gasteiger partial charge in [0.05, 0.1) is 10.1 Å². The predicted octanol–water partition coefficient (Wildman–Crippen LogP) is 1.63. The number of amides is 1. The van der Waals surface area contributed by atoms with Crippen molar-refractivity contribution in [2.24, 2.45) is 0 Å². The van der Waals surface area contributed by atoms with Crippen LogP contribution in [0.4, 0.5) is 0 Å². The van der Waals surface area contributed by atoms with Gasteiger partial charge in [-0.05, 0) is 31.9 Å². The fourth-order valence-corrected chi connectivity index (χ4v) is 5.70. The molecule has 1 aliphatic heterocycles. The van der Waals surface area contributed by atoms with E-state index in [9.17, 15) is 13.2 Å². The van der Waals surface area contributed by atoms with E-state index in [1.54, 1.807) is 41.6 Å². The van der Waals surface area contributed by atoms with Crippen LogP contribution in [-0.4, -0.2) is 69.7 Å². The van der Waals surface area contributed by atoms with Crippen molar-refractivity contribution in [3.05, 3.63) is 36.7 Å². The summed E-state index contributed by atoms with van der Waals surface area (Å²) in [6, 6.07) is 8.88. The van der Waals surface area contributed by atoms with Crippen LogP contribution < -0.4 is 0 Å². The zero-order chi connectivity index (χ0) is 19.7. The summed E-state index contributed by atoms with van der Waals surface area (Å²) in [6.45, 7) is 3.26. The van der Waals surface area contributed by atoms with Gasteiger partial charge in [0.2, 0.25) is 15.9 Å². The third-order valence-corrected chi connectivity index (χ3v) is 8.01. The molecule has 1 aliphatic carbocycles. The number of thioether (sulfide) groups is 1. The molecule has 2 fully saturated rings. The maximum Gasteiger partial charge on any atom is 0.243 e. The number of carbonyl (C=O) groups excluding carboxylic acids is 1. The van der Waals surface area contributed by atoms with Crippen molar-refractivity contribution in [1.82, 2.24) is 24.0 Å². The van der Waals surface area contributed by atoms with Gasteiger partial charge in [-0.1, -0.05) is 30.0 Å². The minimum Gasteiger partial charge on any atom is -0.339 e. The molecule has 0 N–H and O–H groups in total. The summed E-state index contributed by atoms with van der Waals surface area (Å²) >= 11 is 1.42. The largest absolute Gasteiger partial charge is 0.339 e. The van der Waals surface area contributed by atoms with E-state index in [0.717, 1.165) is 18.0 Å². The number of piperazine rings is 1. The Morgan fingerprint density at radius 3 is 2.46 bits per heavy atom. The Kier molecular flexibility index (Phi) is 5.44. The molecule has 0 radical (unpaired) electrons. The zero-order valence-corrected chi connectivity index (χ0v) is 17.3. The van der Waals surface area contributed by atoms with Crippen molar-refractivity contribution >= 4 is 27.7 Å². The van der Waals surface area contributed by atoms with Crippen LogP contribution >= 0.6 is 11.8 Å². The maximum absolute atomic E-state index is 12.8. The number of carbonyl (C=O) groups is 1. The third kappa shape index (κ3) is 3.94. The monoisotopic (exact) mass is 421 g/mol. The molecule has 1 aromatic heterocycles. The van der Waals surface area contributed by atoms with Crippen molar-refractivity contribution in [2.45, 2.75) is 41.1 Å². The molecule has 150 valence electrons. The summed E-state index contributed by atoms with van der Waals surface area (Å²) in [6.07, 6.45) is 3.99. The third-order valence-electron chi connectivity index (χ3n) is 5.04. The van der Waals surface area contributed by atoms with Gasteiger partial charge in [0.1, 0.15) is 6.33 Å². The second kappa shape index (κ2) is 7.84. The minimum absolute atomic E-state index is 0.00658. The van der Waals surface area contributed by atoms with Crippen LogP contribution in [0.3, 0.4) is 0 Å². The molecule has 1 saturated heterocycles. The van der Waals surface area contributed by atoms with Gasteiger partial charge in [-0.3, -0.25) is 4.79 Å². The number of benzene rings is 1. The summed E-state index contributed by atoms with van der Waals surface area (Å²) in [5, 5.41) is 8.59. The van der Waals surface area contributed by atoms with Gasteiger partial charge >= 0.3 is 0 Å². The number of aromatic nitrogens is 3. The summed E-state index contributed by atoms with van der Waals surface area (Å²) in [7, 11) is -3.51. The van der Waals surface area contributed by atoms with Crippen molar-refractivity contribution in [3.63, 3.8) is 0 Å². The van der Waals surface area contributed by atoms with Crippen LogP contribution in [0.15, 0.2) is 46.7 Å². The quantitative estimate of drug-likeness (QED) is 0.659. The molecule has 0 unspecified atom stereocenters. The van der Waals surface area contributed by atoms with E-state index in [1.807, 2.05) is 11.5 Å². The van der Waals surface area contributed by atoms with Gasteiger partial charge in [0.15, 0.2) is 5.16 Å². The van der Waals surface area contributed by atoms with E-state index in [1.165, 1.54) is 16.1 Å². The number of sulfonamides is 1. The van der Waals surface area contributed by atoms with Gasteiger partial charge in [-0.2, -0.15) is 4.31 Å². The van der Waals surface area contributed by atoms with E-state index in [-0.39, 0.29) is 16.1 Å². The molecule has 4 rings (SSSR count). The van der Waals surface area contributed by atoms with Crippen molar-refractivity contribution in [3.8, 4) is 0 Å². The first-order valence-corrected chi connectivity index (χ1v) is 11.7. The first-order valence-electron chi connectivity index (χ1n) is 9.37. The van der Waals surface area contributed by atoms with Gasteiger partial charge < -0.3 is 9.47 Å². The van der Waals surface area contributed by atoms with Crippen LogP contribution in [0.2, 0.25) is 0 Å². The van der Waals surface area contributed by atoms with Crippen LogP contribution in [-0.2, 0) is 14.8 Å². The average Bonchev–Trinajstić information content (AvgIpc) is 3.47. The maximum atomic E-state index is 12.8. The normalized spacial score (nSPS) is 19.5. The Morgan fingerprint density at radius 1 is 1.14 bits per heavy atom. The van der Waals surface area contributed by atoms with Gasteiger partial charge in [0, 0.05) is 32.2 Å². The van der Waals surface area contributed by atoms with E-state index in [4.69, 9.17) is 0 Å². The lowest BCUT2D eigenvalue weighted by molar-refractivity contribution is -0.131. The van der Waals surface area contributed by atoms with Crippen LogP contribution in [0, 0.1) is 0 Å². The van der Waals surface area contributed by atoms with E-state index < -0.39 is 10.0 Å². The molecular formula is C18H23N5O3S2. The Morgan fingerprint density at radius 2 is 1.82 bits per heavy atom. The Labute approximate surface area is 169 Å². The second-order valence-corrected chi connectivity index (χ2v) is 10.3. The lowest BCUT2D eigenvalue weighted by Gasteiger charge is -2.35. The molecule has 2 heterocycles. The van der Waals surface area contributed by atoms with Crippen LogP contribution in [0.5, 0.6) is 0 Å². The fraction of sp³-hybridized carbons (Fsp3) is 0.500. The molecule has 0 spiro atoms. The Balaban J connectivity index is 1.35. The first kappa shape index (κ1) is 19.4. The van der Waals surface area contributed by atoms with E-state index in [0.29, 0.717) is 32.2 Å². The molecule has 1 amide bonds. The first-order chi connectivity index (χ1) is 13.5. The van der Waals surface area contributed by atoms with E-state index in [2.05, 4.69) is 10.2 Å². The van der Waals surface area contributed by atoms with Crippen LogP contribution in [0.25, 0.3) is 0 Å². The Hall–Kier alpha value is -1.91. The van der Waals surface area contributed by atoms with Gasteiger partial charge in [-0.25, -0.2) is 8.42 Å². The van der Waals surface area contributed by atoms with Gasteiger partial charge in [0.25, 0.3) is 0 Å². The summed E-state index contributed by atoms with van der Waals surface area (Å²) in [5.74, 6) is 0.00658. The number of nitrogens with zero attached hydrogens (tertiary/aromatic N) is 5. The van der Waals surface area contributed by atoms with Crippen molar-refractivity contribution in [2.75, 3.05) is 26.2 Å². The fourth-order valence-electron chi connectivity index (χ4n) is 3.28. The molecule has 10 heteroatoms. The predicted molar refractivity (Wildman–Crippen MR) is 105 cm³/mol. The number of hydrogen-bond acceptors (Lipinski definition) is 6. The zero-order valence-electron chi connectivity index (χ0n) is 15.6. The van der Waals surface area contributed by atoms with Crippen LogP contribution in [0.1, 0.15) is 25.8 Å². The molecule has 2 aromatic rings. The molecule has 2 aliphatic rings. The lowest BCUT2D eigenvalue weighted by atomic mass is 10.3. The molecule has 1 aromatic carbocycles. The highest BCUT2D eigenvalue weighted by Gasteiger charge is 2.33. The average molecular weight is 422 g/mol. The Bertz CT molecular complexity index is 935. The standard InChI is InChI=1S/C18H23N5O3S2/c1-14(27-18-20-19-13-23(18)15-7-8-15)17(24)21-9-11-22(12-10-21)28(25,26)16-5-3-2-4-6-16/h2-6,13-15H,7-12H2,1H3/t14-/m1/s1. The highest BCUT2D eigenvalue weighted by Crippen LogP contribution is 2.38. The molecule has 1 saturated carbocycles. The van der Waals surface area contributed by atoms with E-state index >= 15 is 0 Å². The summed E-state index contributed by atoms with van der Waals surface area (Å²) in [5.41, 5.74) is 0. The minimum atomic E-state index is -3.51. The smallest absolute Gasteiger partial charge is 0.243 e. The molecule has 1 atom stereocenters. The summed E-state index contributed by atoms with van der Waals surface area (Å²) < 4.78 is 28.9. The highest BCUT2D eigenvalue weighted by atomic mass is 32.2. The number of rotatable bonds is 6. The molecule has 28 heavy (non-hydrogen) atoms.